The first-order valence-corrected chi connectivity index (χ1v) is 7.96. The Hall–Kier alpha value is -2.33. The molecule has 0 radical (unpaired) electrons. The fourth-order valence-electron chi connectivity index (χ4n) is 3.16. The standard InChI is InChI=1S/C19H13BrO3/c1-22-10-3-5-12-14(7-10)17(20)9-16-18(12)15-8-11(23-2)4-6-13(15)19(16)21/h3-9H,1-2H3. The Morgan fingerprint density at radius 1 is 0.783 bits per heavy atom. The van der Waals surface area contributed by atoms with Crippen LogP contribution in [0.1, 0.15) is 15.9 Å². The van der Waals surface area contributed by atoms with Crippen molar-refractivity contribution in [3.63, 3.8) is 0 Å². The largest absolute Gasteiger partial charge is 0.497 e. The monoisotopic (exact) mass is 368 g/mol. The van der Waals surface area contributed by atoms with Crippen LogP contribution in [0.2, 0.25) is 0 Å². The average molecular weight is 369 g/mol. The van der Waals surface area contributed by atoms with Gasteiger partial charge in [0.25, 0.3) is 0 Å². The number of hydrogen-bond donors (Lipinski definition) is 0. The molecule has 0 fully saturated rings. The van der Waals surface area contributed by atoms with Crippen LogP contribution in [-0.2, 0) is 0 Å². The first-order chi connectivity index (χ1) is 11.1. The topological polar surface area (TPSA) is 35.5 Å². The molecule has 1 aliphatic rings. The average Bonchev–Trinajstić information content (AvgIpc) is 2.86. The van der Waals surface area contributed by atoms with Crippen molar-refractivity contribution in [2.45, 2.75) is 0 Å². The van der Waals surface area contributed by atoms with E-state index < -0.39 is 0 Å². The molecule has 3 aromatic rings. The fraction of sp³-hybridized carbons (Fsp3) is 0.105. The molecule has 0 heterocycles. The summed E-state index contributed by atoms with van der Waals surface area (Å²) >= 11 is 3.58. The van der Waals surface area contributed by atoms with Crippen molar-refractivity contribution in [2.75, 3.05) is 14.2 Å². The highest BCUT2D eigenvalue weighted by Crippen LogP contribution is 2.45. The van der Waals surface area contributed by atoms with Gasteiger partial charge in [-0.3, -0.25) is 4.79 Å². The lowest BCUT2D eigenvalue weighted by atomic mass is 9.97. The molecular formula is C19H13BrO3. The van der Waals surface area contributed by atoms with Crippen LogP contribution in [0.25, 0.3) is 21.9 Å². The Kier molecular flexibility index (Phi) is 3.16. The first-order valence-electron chi connectivity index (χ1n) is 7.17. The Morgan fingerprint density at radius 3 is 2.22 bits per heavy atom. The maximum Gasteiger partial charge on any atom is 0.194 e. The highest BCUT2D eigenvalue weighted by molar-refractivity contribution is 9.10. The molecule has 0 atom stereocenters. The van der Waals surface area contributed by atoms with E-state index in [0.29, 0.717) is 0 Å². The molecule has 114 valence electrons. The molecule has 0 aliphatic heterocycles. The van der Waals surface area contributed by atoms with E-state index in [1.54, 1.807) is 14.2 Å². The number of carbonyl (C=O) groups excluding carboxylic acids is 1. The van der Waals surface area contributed by atoms with Crippen molar-refractivity contribution in [1.82, 2.24) is 0 Å². The zero-order valence-electron chi connectivity index (χ0n) is 12.6. The second-order valence-corrected chi connectivity index (χ2v) is 6.29. The molecule has 4 rings (SSSR count). The van der Waals surface area contributed by atoms with Crippen LogP contribution in [0.15, 0.2) is 46.9 Å². The van der Waals surface area contributed by atoms with Crippen LogP contribution in [0, 0.1) is 0 Å². The second kappa shape index (κ2) is 5.10. The molecule has 23 heavy (non-hydrogen) atoms. The third-order valence-corrected chi connectivity index (χ3v) is 4.94. The Labute approximate surface area is 142 Å². The van der Waals surface area contributed by atoms with Gasteiger partial charge >= 0.3 is 0 Å². The van der Waals surface area contributed by atoms with E-state index in [4.69, 9.17) is 9.47 Å². The van der Waals surface area contributed by atoms with Gasteiger partial charge in [0.15, 0.2) is 5.78 Å². The molecule has 0 saturated heterocycles. The summed E-state index contributed by atoms with van der Waals surface area (Å²) in [5.41, 5.74) is 3.32. The number of fused-ring (bicyclic) bond motifs is 5. The van der Waals surface area contributed by atoms with Crippen molar-refractivity contribution in [1.29, 1.82) is 0 Å². The SMILES string of the molecule is COc1ccc2c(c1)-c1c(cc(Br)c3cc(OC)ccc13)C2=O. The molecule has 3 nitrogen and oxygen atoms in total. The van der Waals surface area contributed by atoms with Crippen molar-refractivity contribution in [3.05, 3.63) is 58.1 Å². The maximum absolute atomic E-state index is 12.7. The van der Waals surface area contributed by atoms with E-state index in [0.717, 1.165) is 49.0 Å². The van der Waals surface area contributed by atoms with Gasteiger partial charge < -0.3 is 9.47 Å². The summed E-state index contributed by atoms with van der Waals surface area (Å²) in [5, 5.41) is 2.04. The molecule has 0 saturated carbocycles. The normalized spacial score (nSPS) is 12.2. The van der Waals surface area contributed by atoms with E-state index in [1.807, 2.05) is 42.5 Å². The molecule has 0 bridgehead atoms. The number of rotatable bonds is 2. The quantitative estimate of drug-likeness (QED) is 0.508. The van der Waals surface area contributed by atoms with Gasteiger partial charge in [-0.25, -0.2) is 0 Å². The van der Waals surface area contributed by atoms with Crippen LogP contribution in [0.5, 0.6) is 11.5 Å². The first kappa shape index (κ1) is 14.3. The lowest BCUT2D eigenvalue weighted by Crippen LogP contribution is -1.95. The number of carbonyl (C=O) groups is 1. The van der Waals surface area contributed by atoms with Gasteiger partial charge in [0.1, 0.15) is 11.5 Å². The van der Waals surface area contributed by atoms with Gasteiger partial charge in [-0.15, -0.1) is 0 Å². The maximum atomic E-state index is 12.7. The zero-order chi connectivity index (χ0) is 16.1. The summed E-state index contributed by atoms with van der Waals surface area (Å²) in [6.07, 6.45) is 0. The number of benzene rings is 3. The predicted octanol–water partition coefficient (Wildman–Crippen LogP) is 4.83. The summed E-state index contributed by atoms with van der Waals surface area (Å²) in [4.78, 5) is 12.7. The minimum Gasteiger partial charge on any atom is -0.497 e. The minimum atomic E-state index is 0.0519. The fourth-order valence-corrected chi connectivity index (χ4v) is 3.71. The van der Waals surface area contributed by atoms with Crippen LogP contribution >= 0.6 is 15.9 Å². The Balaban J connectivity index is 2.11. The second-order valence-electron chi connectivity index (χ2n) is 5.43. The smallest absolute Gasteiger partial charge is 0.194 e. The third-order valence-electron chi connectivity index (χ3n) is 4.28. The number of hydrogen-bond acceptors (Lipinski definition) is 3. The molecule has 0 amide bonds. The van der Waals surface area contributed by atoms with Gasteiger partial charge in [0.05, 0.1) is 14.2 Å². The van der Waals surface area contributed by atoms with Gasteiger partial charge in [0.2, 0.25) is 0 Å². The molecule has 1 aliphatic carbocycles. The number of ketones is 1. The van der Waals surface area contributed by atoms with E-state index in [-0.39, 0.29) is 5.78 Å². The highest BCUT2D eigenvalue weighted by Gasteiger charge is 2.29. The van der Waals surface area contributed by atoms with Gasteiger partial charge in [-0.2, -0.15) is 0 Å². The molecular weight excluding hydrogens is 356 g/mol. The summed E-state index contributed by atoms with van der Waals surface area (Å²) in [6, 6.07) is 13.4. The van der Waals surface area contributed by atoms with Gasteiger partial charge in [0, 0.05) is 26.5 Å². The van der Waals surface area contributed by atoms with E-state index in [1.165, 1.54) is 0 Å². The van der Waals surface area contributed by atoms with Crippen molar-refractivity contribution in [3.8, 4) is 22.6 Å². The lowest BCUT2D eigenvalue weighted by Gasteiger charge is -2.10. The minimum absolute atomic E-state index is 0.0519. The van der Waals surface area contributed by atoms with Crippen LogP contribution in [0.3, 0.4) is 0 Å². The van der Waals surface area contributed by atoms with Crippen LogP contribution in [0.4, 0.5) is 0 Å². The van der Waals surface area contributed by atoms with Crippen LogP contribution in [-0.4, -0.2) is 20.0 Å². The molecule has 0 N–H and O–H groups in total. The van der Waals surface area contributed by atoms with E-state index in [9.17, 15) is 4.79 Å². The lowest BCUT2D eigenvalue weighted by molar-refractivity contribution is 0.104. The molecule has 3 aromatic carbocycles. The third kappa shape index (κ3) is 1.98. The van der Waals surface area contributed by atoms with Crippen molar-refractivity contribution < 1.29 is 14.3 Å². The molecule has 4 heteroatoms. The Bertz CT molecular complexity index is 976. The van der Waals surface area contributed by atoms with Crippen molar-refractivity contribution in [2.24, 2.45) is 0 Å². The Morgan fingerprint density at radius 2 is 1.48 bits per heavy atom. The van der Waals surface area contributed by atoms with Crippen molar-refractivity contribution >= 4 is 32.5 Å². The van der Waals surface area contributed by atoms with E-state index in [2.05, 4.69) is 15.9 Å². The van der Waals surface area contributed by atoms with Crippen LogP contribution < -0.4 is 9.47 Å². The summed E-state index contributed by atoms with van der Waals surface area (Å²) in [7, 11) is 3.27. The zero-order valence-corrected chi connectivity index (χ0v) is 14.2. The summed E-state index contributed by atoms with van der Waals surface area (Å²) in [5.74, 6) is 1.58. The number of methoxy groups -OCH3 is 2. The number of ether oxygens (including phenoxy) is 2. The summed E-state index contributed by atoms with van der Waals surface area (Å²) < 4.78 is 11.5. The predicted molar refractivity (Wildman–Crippen MR) is 93.6 cm³/mol. The summed E-state index contributed by atoms with van der Waals surface area (Å²) in [6.45, 7) is 0. The molecule has 0 unspecified atom stereocenters. The van der Waals surface area contributed by atoms with E-state index >= 15 is 0 Å². The highest BCUT2D eigenvalue weighted by atomic mass is 79.9. The molecule has 0 aromatic heterocycles. The van der Waals surface area contributed by atoms with Gasteiger partial charge in [-0.1, -0.05) is 22.0 Å². The molecule has 0 spiro atoms. The van der Waals surface area contributed by atoms with Gasteiger partial charge in [-0.05, 0) is 47.3 Å². The number of halogens is 1.